The molecule has 0 fully saturated rings. The van der Waals surface area contributed by atoms with Crippen molar-refractivity contribution in [3.05, 3.63) is 77.1 Å². The molecular weight excluding hydrogens is 413 g/mol. The number of carbonyl (C=O) groups excluding carboxylic acids is 1. The fraction of sp³-hybridized carbons (Fsp3) is 0.100. The first-order valence-corrected chi connectivity index (χ1v) is 10.1. The maximum absolute atomic E-state index is 13.5. The predicted octanol–water partition coefficient (Wildman–Crippen LogP) is 3.99. The molecular formula is C20H15ClFN5OS. The van der Waals surface area contributed by atoms with Crippen LogP contribution in [0.1, 0.15) is 5.56 Å². The Morgan fingerprint density at radius 3 is 2.79 bits per heavy atom. The van der Waals surface area contributed by atoms with Crippen molar-refractivity contribution in [1.29, 1.82) is 0 Å². The quantitative estimate of drug-likeness (QED) is 0.471. The molecule has 0 saturated heterocycles. The second-order valence-corrected chi connectivity index (χ2v) is 7.54. The predicted molar refractivity (Wildman–Crippen MR) is 110 cm³/mol. The number of amides is 1. The number of benzene rings is 2. The number of aromatic nitrogens is 4. The summed E-state index contributed by atoms with van der Waals surface area (Å²) in [4.78, 5) is 12.2. The molecule has 4 aromatic rings. The van der Waals surface area contributed by atoms with Crippen LogP contribution in [0.4, 0.5) is 4.39 Å². The third-order valence-corrected chi connectivity index (χ3v) is 5.39. The summed E-state index contributed by atoms with van der Waals surface area (Å²) in [5, 5.41) is 16.7. The Bertz CT molecular complexity index is 1180. The minimum atomic E-state index is -0.361. The van der Waals surface area contributed by atoms with Crippen LogP contribution in [0.3, 0.4) is 0 Å². The molecule has 2 heterocycles. The van der Waals surface area contributed by atoms with Crippen molar-refractivity contribution in [2.75, 3.05) is 5.75 Å². The smallest absolute Gasteiger partial charge is 0.230 e. The standard InChI is InChI=1S/C20H15ClFN5OS/c21-16-7-2-1-4-14(16)11-23-18(28)12-29-19-9-8-17-24-25-20(27(17)26-19)13-5-3-6-15(22)10-13/h1-10H,11-12H2,(H,23,28). The normalized spacial score (nSPS) is 11.0. The summed E-state index contributed by atoms with van der Waals surface area (Å²) in [6.07, 6.45) is 0. The Morgan fingerprint density at radius 2 is 1.97 bits per heavy atom. The SMILES string of the molecule is O=C(CSc1ccc2nnc(-c3cccc(F)c3)n2n1)NCc1ccccc1Cl. The molecule has 0 aliphatic carbocycles. The van der Waals surface area contributed by atoms with Gasteiger partial charge in [-0.2, -0.15) is 9.61 Å². The van der Waals surface area contributed by atoms with E-state index < -0.39 is 0 Å². The molecule has 9 heteroatoms. The Hall–Kier alpha value is -2.97. The highest BCUT2D eigenvalue weighted by Gasteiger charge is 2.12. The van der Waals surface area contributed by atoms with Gasteiger partial charge in [0, 0.05) is 17.1 Å². The number of fused-ring (bicyclic) bond motifs is 1. The van der Waals surface area contributed by atoms with Gasteiger partial charge in [-0.1, -0.05) is 53.7 Å². The number of hydrogen-bond acceptors (Lipinski definition) is 5. The van der Waals surface area contributed by atoms with Crippen LogP contribution in [-0.4, -0.2) is 31.5 Å². The van der Waals surface area contributed by atoms with E-state index in [2.05, 4.69) is 20.6 Å². The summed E-state index contributed by atoms with van der Waals surface area (Å²) >= 11 is 7.38. The van der Waals surface area contributed by atoms with Crippen molar-refractivity contribution in [2.24, 2.45) is 0 Å². The highest BCUT2D eigenvalue weighted by Crippen LogP contribution is 2.21. The molecule has 0 saturated carbocycles. The first-order chi connectivity index (χ1) is 14.1. The molecule has 0 radical (unpaired) electrons. The topological polar surface area (TPSA) is 72.2 Å². The Balaban J connectivity index is 1.44. The van der Waals surface area contributed by atoms with E-state index in [1.54, 1.807) is 34.8 Å². The van der Waals surface area contributed by atoms with E-state index in [1.807, 2.05) is 18.2 Å². The molecule has 0 bridgehead atoms. The van der Waals surface area contributed by atoms with Gasteiger partial charge in [-0.3, -0.25) is 4.79 Å². The molecule has 4 rings (SSSR count). The van der Waals surface area contributed by atoms with Crippen LogP contribution in [0, 0.1) is 5.82 Å². The van der Waals surface area contributed by atoms with Crippen molar-refractivity contribution in [3.8, 4) is 11.4 Å². The summed E-state index contributed by atoms with van der Waals surface area (Å²) in [6.45, 7) is 0.362. The Morgan fingerprint density at radius 1 is 1.10 bits per heavy atom. The lowest BCUT2D eigenvalue weighted by molar-refractivity contribution is -0.118. The van der Waals surface area contributed by atoms with Gasteiger partial charge in [-0.25, -0.2) is 4.39 Å². The van der Waals surface area contributed by atoms with E-state index in [-0.39, 0.29) is 17.5 Å². The first kappa shape index (κ1) is 19.4. The number of carbonyl (C=O) groups is 1. The minimum Gasteiger partial charge on any atom is -0.351 e. The fourth-order valence-electron chi connectivity index (χ4n) is 2.68. The second-order valence-electron chi connectivity index (χ2n) is 6.13. The zero-order valence-corrected chi connectivity index (χ0v) is 16.6. The van der Waals surface area contributed by atoms with Gasteiger partial charge in [0.15, 0.2) is 11.5 Å². The largest absolute Gasteiger partial charge is 0.351 e. The van der Waals surface area contributed by atoms with Crippen LogP contribution in [0.2, 0.25) is 5.02 Å². The molecule has 29 heavy (non-hydrogen) atoms. The van der Waals surface area contributed by atoms with Gasteiger partial charge < -0.3 is 5.32 Å². The number of thioether (sulfide) groups is 1. The Kier molecular flexibility index (Phi) is 5.73. The van der Waals surface area contributed by atoms with Gasteiger partial charge in [-0.05, 0) is 35.9 Å². The van der Waals surface area contributed by atoms with Crippen LogP contribution in [-0.2, 0) is 11.3 Å². The Labute approximate surface area is 175 Å². The molecule has 6 nitrogen and oxygen atoms in total. The van der Waals surface area contributed by atoms with Crippen molar-refractivity contribution < 1.29 is 9.18 Å². The molecule has 2 aromatic heterocycles. The lowest BCUT2D eigenvalue weighted by Gasteiger charge is -2.07. The van der Waals surface area contributed by atoms with Crippen LogP contribution >= 0.6 is 23.4 Å². The molecule has 0 spiro atoms. The summed E-state index contributed by atoms with van der Waals surface area (Å²) < 4.78 is 15.1. The van der Waals surface area contributed by atoms with E-state index in [0.29, 0.717) is 33.6 Å². The lowest BCUT2D eigenvalue weighted by Crippen LogP contribution is -2.24. The van der Waals surface area contributed by atoms with Gasteiger partial charge in [-0.15, -0.1) is 10.2 Å². The van der Waals surface area contributed by atoms with Crippen molar-refractivity contribution in [2.45, 2.75) is 11.6 Å². The highest BCUT2D eigenvalue weighted by atomic mass is 35.5. The van der Waals surface area contributed by atoms with E-state index in [9.17, 15) is 9.18 Å². The first-order valence-electron chi connectivity index (χ1n) is 8.71. The van der Waals surface area contributed by atoms with Crippen LogP contribution < -0.4 is 5.32 Å². The summed E-state index contributed by atoms with van der Waals surface area (Å²) in [5.41, 5.74) is 1.97. The molecule has 2 aromatic carbocycles. The summed E-state index contributed by atoms with van der Waals surface area (Å²) in [6, 6.07) is 17.0. The third-order valence-electron chi connectivity index (χ3n) is 4.11. The van der Waals surface area contributed by atoms with E-state index in [1.165, 1.54) is 23.9 Å². The fourth-order valence-corrected chi connectivity index (χ4v) is 3.57. The van der Waals surface area contributed by atoms with Crippen LogP contribution in [0.5, 0.6) is 0 Å². The van der Waals surface area contributed by atoms with Crippen LogP contribution in [0.25, 0.3) is 17.0 Å². The maximum Gasteiger partial charge on any atom is 0.230 e. The number of hydrogen-bond donors (Lipinski definition) is 1. The molecule has 0 aliphatic rings. The number of nitrogens with zero attached hydrogens (tertiary/aromatic N) is 4. The molecule has 146 valence electrons. The summed E-state index contributed by atoms with van der Waals surface area (Å²) in [7, 11) is 0. The van der Waals surface area contributed by atoms with Crippen molar-refractivity contribution in [3.63, 3.8) is 0 Å². The van der Waals surface area contributed by atoms with Crippen molar-refractivity contribution >= 4 is 34.9 Å². The average molecular weight is 428 g/mol. The van der Waals surface area contributed by atoms with E-state index >= 15 is 0 Å². The zero-order chi connectivity index (χ0) is 20.2. The monoisotopic (exact) mass is 427 g/mol. The molecule has 0 unspecified atom stereocenters. The number of rotatable bonds is 6. The second kappa shape index (κ2) is 8.59. The van der Waals surface area contributed by atoms with Gasteiger partial charge in [0.2, 0.25) is 5.91 Å². The average Bonchev–Trinajstić information content (AvgIpc) is 3.15. The van der Waals surface area contributed by atoms with Gasteiger partial charge in [0.05, 0.1) is 5.75 Å². The third kappa shape index (κ3) is 4.55. The van der Waals surface area contributed by atoms with E-state index in [4.69, 9.17) is 11.6 Å². The summed E-state index contributed by atoms with van der Waals surface area (Å²) in [5.74, 6) is 0.136. The molecule has 1 N–H and O–H groups in total. The lowest BCUT2D eigenvalue weighted by atomic mass is 10.2. The zero-order valence-electron chi connectivity index (χ0n) is 15.0. The van der Waals surface area contributed by atoms with Crippen LogP contribution in [0.15, 0.2) is 65.7 Å². The molecule has 0 atom stereocenters. The van der Waals surface area contributed by atoms with Gasteiger partial charge in [0.1, 0.15) is 10.8 Å². The highest BCUT2D eigenvalue weighted by molar-refractivity contribution is 7.99. The number of nitrogens with one attached hydrogen (secondary N) is 1. The molecule has 0 aliphatic heterocycles. The van der Waals surface area contributed by atoms with Crippen molar-refractivity contribution in [1.82, 2.24) is 25.1 Å². The number of halogens is 2. The molecule has 1 amide bonds. The maximum atomic E-state index is 13.5. The van der Waals surface area contributed by atoms with E-state index in [0.717, 1.165) is 5.56 Å². The van der Waals surface area contributed by atoms with Gasteiger partial charge >= 0.3 is 0 Å². The minimum absolute atomic E-state index is 0.133. The van der Waals surface area contributed by atoms with Gasteiger partial charge in [0.25, 0.3) is 0 Å².